The number of aromatic nitrogens is 3. The number of halogens is 1. The molecule has 3 aromatic rings. The first-order chi connectivity index (χ1) is 14.3. The van der Waals surface area contributed by atoms with E-state index in [4.69, 9.17) is 21.7 Å². The summed E-state index contributed by atoms with van der Waals surface area (Å²) in [5, 5.41) is 18.8. The smallest absolute Gasteiger partial charge is 0.226 e. The summed E-state index contributed by atoms with van der Waals surface area (Å²) in [5.41, 5.74) is 3.02. The summed E-state index contributed by atoms with van der Waals surface area (Å²) < 4.78 is 1.74. The Morgan fingerprint density at radius 1 is 1.17 bits per heavy atom. The van der Waals surface area contributed by atoms with Gasteiger partial charge in [0.1, 0.15) is 11.8 Å². The number of phenolic OH excluding ortho intramolecular Hbond substituents is 1. The molecule has 0 unspecified atom stereocenters. The zero-order chi connectivity index (χ0) is 21.0. The summed E-state index contributed by atoms with van der Waals surface area (Å²) in [6, 6.07) is 13.9. The van der Waals surface area contributed by atoms with Crippen molar-refractivity contribution >= 4 is 23.3 Å². The van der Waals surface area contributed by atoms with E-state index in [1.54, 1.807) is 28.9 Å². The first kappa shape index (κ1) is 18.9. The molecule has 1 atom stereocenters. The highest BCUT2D eigenvalue weighted by Crippen LogP contribution is 2.46. The van der Waals surface area contributed by atoms with Gasteiger partial charge in [0.15, 0.2) is 11.6 Å². The molecule has 0 radical (unpaired) electrons. The fourth-order valence-corrected chi connectivity index (χ4v) is 4.55. The molecule has 6 nitrogen and oxygen atoms in total. The fraction of sp³-hybridized carbons (Fsp3) is 0.261. The van der Waals surface area contributed by atoms with Gasteiger partial charge < -0.3 is 10.4 Å². The van der Waals surface area contributed by atoms with E-state index in [2.05, 4.69) is 19.2 Å². The Morgan fingerprint density at radius 2 is 1.97 bits per heavy atom. The number of fused-ring (bicyclic) bond motifs is 1. The summed E-state index contributed by atoms with van der Waals surface area (Å²) in [5.74, 6) is 1.33. The van der Waals surface area contributed by atoms with Gasteiger partial charge in [-0.3, -0.25) is 4.79 Å². The number of allylic oxidation sites excluding steroid dienone is 2. The number of aromatic hydroxyl groups is 1. The molecule has 152 valence electrons. The number of benzene rings is 2. The van der Waals surface area contributed by atoms with Gasteiger partial charge in [0.25, 0.3) is 0 Å². The number of carbonyl (C=O) groups excluding carboxylic acids is 1. The number of rotatable bonds is 2. The van der Waals surface area contributed by atoms with E-state index in [1.165, 1.54) is 0 Å². The monoisotopic (exact) mass is 420 g/mol. The molecule has 0 bridgehead atoms. The van der Waals surface area contributed by atoms with Crippen LogP contribution in [0.25, 0.3) is 11.4 Å². The topological polar surface area (TPSA) is 80.0 Å². The minimum atomic E-state index is -0.451. The van der Waals surface area contributed by atoms with Crippen LogP contribution >= 0.6 is 11.6 Å². The van der Waals surface area contributed by atoms with Gasteiger partial charge in [-0.05, 0) is 41.7 Å². The zero-order valence-electron chi connectivity index (χ0n) is 16.7. The van der Waals surface area contributed by atoms with Crippen LogP contribution in [0.3, 0.4) is 0 Å². The SMILES string of the molecule is CC1(C)CC(=O)C2=C(C1)Nc1nc(-c3cccc(Cl)c3)nn1[C@H]2c1cccc(O)c1. The molecular weight excluding hydrogens is 400 g/mol. The maximum atomic E-state index is 13.2. The number of nitrogens with one attached hydrogen (secondary N) is 1. The van der Waals surface area contributed by atoms with Crippen molar-refractivity contribution in [2.75, 3.05) is 5.32 Å². The molecule has 5 rings (SSSR count). The van der Waals surface area contributed by atoms with E-state index < -0.39 is 6.04 Å². The molecule has 2 aliphatic rings. The van der Waals surface area contributed by atoms with Gasteiger partial charge in [-0.1, -0.05) is 49.7 Å². The fourth-order valence-electron chi connectivity index (χ4n) is 4.36. The number of nitrogens with zero attached hydrogens (tertiary/aromatic N) is 3. The van der Waals surface area contributed by atoms with Crippen molar-refractivity contribution in [2.24, 2.45) is 5.41 Å². The Morgan fingerprint density at radius 3 is 2.73 bits per heavy atom. The van der Waals surface area contributed by atoms with Crippen LogP contribution in [0.15, 0.2) is 59.8 Å². The summed E-state index contributed by atoms with van der Waals surface area (Å²) in [6.45, 7) is 4.19. The van der Waals surface area contributed by atoms with Gasteiger partial charge in [0.05, 0.1) is 0 Å². The average Bonchev–Trinajstić information content (AvgIpc) is 3.09. The Bertz CT molecular complexity index is 1210. The second-order valence-corrected chi connectivity index (χ2v) is 9.11. The molecule has 2 aromatic carbocycles. The predicted octanol–water partition coefficient (Wildman–Crippen LogP) is 4.96. The Labute approximate surface area is 179 Å². The average molecular weight is 421 g/mol. The standard InChI is InChI=1S/C23H21ClN4O2/c1-23(2)11-17-19(18(30)12-23)20(13-5-4-8-16(29)10-13)28-22(25-17)26-21(27-28)14-6-3-7-15(24)9-14/h3-10,20,29H,11-12H2,1-2H3,(H,25,26,27)/t20-/m0/s1. The molecule has 0 saturated heterocycles. The largest absolute Gasteiger partial charge is 0.508 e. The molecule has 1 aromatic heterocycles. The first-order valence-electron chi connectivity index (χ1n) is 9.85. The lowest BCUT2D eigenvalue weighted by Gasteiger charge is -2.38. The number of Topliss-reactive ketones (excluding diaryl/α,β-unsaturated/α-hetero) is 1. The molecule has 1 aliphatic heterocycles. The van der Waals surface area contributed by atoms with E-state index in [9.17, 15) is 9.90 Å². The number of carbonyl (C=O) groups is 1. The first-order valence-corrected chi connectivity index (χ1v) is 10.2. The normalized spacial score (nSPS) is 19.8. The molecule has 2 heterocycles. The number of hydrogen-bond donors (Lipinski definition) is 2. The quantitative estimate of drug-likeness (QED) is 0.612. The highest BCUT2D eigenvalue weighted by Gasteiger charge is 2.42. The highest BCUT2D eigenvalue weighted by atomic mass is 35.5. The molecule has 0 saturated carbocycles. The van der Waals surface area contributed by atoms with Crippen LogP contribution in [0.1, 0.15) is 38.3 Å². The summed E-state index contributed by atoms with van der Waals surface area (Å²) in [4.78, 5) is 17.9. The van der Waals surface area contributed by atoms with E-state index in [1.807, 2.05) is 24.3 Å². The van der Waals surface area contributed by atoms with Crippen molar-refractivity contribution in [2.45, 2.75) is 32.7 Å². The summed E-state index contributed by atoms with van der Waals surface area (Å²) in [7, 11) is 0. The van der Waals surface area contributed by atoms with Crippen LogP contribution in [-0.4, -0.2) is 25.7 Å². The predicted molar refractivity (Wildman–Crippen MR) is 115 cm³/mol. The lowest BCUT2D eigenvalue weighted by Crippen LogP contribution is -2.36. The molecule has 30 heavy (non-hydrogen) atoms. The van der Waals surface area contributed by atoms with Crippen LogP contribution in [0.4, 0.5) is 5.95 Å². The minimum absolute atomic E-state index is 0.0903. The van der Waals surface area contributed by atoms with Crippen LogP contribution in [0.2, 0.25) is 5.02 Å². The number of ketones is 1. The minimum Gasteiger partial charge on any atom is -0.508 e. The molecule has 1 aliphatic carbocycles. The van der Waals surface area contributed by atoms with Crippen molar-refractivity contribution in [3.05, 3.63) is 70.4 Å². The Kier molecular flexibility index (Phi) is 4.22. The third-order valence-corrected chi connectivity index (χ3v) is 5.84. The Balaban J connectivity index is 1.69. The van der Waals surface area contributed by atoms with E-state index in [0.29, 0.717) is 28.8 Å². The van der Waals surface area contributed by atoms with E-state index in [-0.39, 0.29) is 16.9 Å². The van der Waals surface area contributed by atoms with E-state index >= 15 is 0 Å². The van der Waals surface area contributed by atoms with Gasteiger partial charge in [-0.15, -0.1) is 5.10 Å². The molecular formula is C23H21ClN4O2. The van der Waals surface area contributed by atoms with Gasteiger partial charge >= 0.3 is 0 Å². The van der Waals surface area contributed by atoms with Gasteiger partial charge in [-0.25, -0.2) is 4.68 Å². The Hall–Kier alpha value is -3.12. The van der Waals surface area contributed by atoms with Crippen molar-refractivity contribution in [1.29, 1.82) is 0 Å². The summed E-state index contributed by atoms with van der Waals surface area (Å²) >= 11 is 6.15. The van der Waals surface area contributed by atoms with Gasteiger partial charge in [0, 0.05) is 28.3 Å². The second-order valence-electron chi connectivity index (χ2n) is 8.67. The maximum absolute atomic E-state index is 13.2. The second kappa shape index (κ2) is 6.71. The van der Waals surface area contributed by atoms with Crippen LogP contribution in [0.5, 0.6) is 5.75 Å². The van der Waals surface area contributed by atoms with Crippen molar-refractivity contribution < 1.29 is 9.90 Å². The molecule has 0 amide bonds. The van der Waals surface area contributed by atoms with Crippen molar-refractivity contribution in [3.63, 3.8) is 0 Å². The van der Waals surface area contributed by atoms with Crippen LogP contribution in [-0.2, 0) is 4.79 Å². The third kappa shape index (κ3) is 3.17. The summed E-state index contributed by atoms with van der Waals surface area (Å²) in [6.07, 6.45) is 1.21. The van der Waals surface area contributed by atoms with Crippen molar-refractivity contribution in [3.8, 4) is 17.1 Å². The van der Waals surface area contributed by atoms with E-state index in [0.717, 1.165) is 23.2 Å². The molecule has 0 fully saturated rings. The molecule has 0 spiro atoms. The van der Waals surface area contributed by atoms with Crippen LogP contribution in [0, 0.1) is 5.41 Å². The number of phenols is 1. The van der Waals surface area contributed by atoms with Gasteiger partial charge in [-0.2, -0.15) is 4.98 Å². The lowest BCUT2D eigenvalue weighted by molar-refractivity contribution is -0.118. The van der Waals surface area contributed by atoms with Crippen LogP contribution < -0.4 is 5.32 Å². The number of hydrogen-bond acceptors (Lipinski definition) is 5. The number of anilines is 1. The highest BCUT2D eigenvalue weighted by molar-refractivity contribution is 6.30. The van der Waals surface area contributed by atoms with Gasteiger partial charge in [0.2, 0.25) is 5.95 Å². The molecule has 7 heteroatoms. The zero-order valence-corrected chi connectivity index (χ0v) is 17.4. The third-order valence-electron chi connectivity index (χ3n) is 5.60. The maximum Gasteiger partial charge on any atom is 0.226 e. The lowest BCUT2D eigenvalue weighted by atomic mass is 9.73. The molecule has 2 N–H and O–H groups in total. The van der Waals surface area contributed by atoms with Crippen molar-refractivity contribution in [1.82, 2.24) is 14.8 Å².